The SMILES string of the molecule is CC(O)C(C)(C)NC(=O)CCOc1ccccc1F. The van der Waals surface area contributed by atoms with Gasteiger partial charge in [0.05, 0.1) is 24.7 Å². The Morgan fingerprint density at radius 1 is 1.47 bits per heavy atom. The molecule has 0 aliphatic heterocycles. The summed E-state index contributed by atoms with van der Waals surface area (Å²) in [4.78, 5) is 11.6. The van der Waals surface area contributed by atoms with Gasteiger partial charge in [0.15, 0.2) is 11.6 Å². The van der Waals surface area contributed by atoms with Crippen LogP contribution in [0, 0.1) is 5.82 Å². The number of rotatable bonds is 6. The fourth-order valence-corrected chi connectivity index (χ4v) is 1.34. The van der Waals surface area contributed by atoms with Gasteiger partial charge >= 0.3 is 0 Å². The predicted molar refractivity (Wildman–Crippen MR) is 70.4 cm³/mol. The number of amides is 1. The van der Waals surface area contributed by atoms with Crippen molar-refractivity contribution in [3.05, 3.63) is 30.1 Å². The molecule has 0 radical (unpaired) electrons. The molecule has 0 aliphatic carbocycles. The maximum absolute atomic E-state index is 13.2. The van der Waals surface area contributed by atoms with Crippen molar-refractivity contribution >= 4 is 5.91 Å². The first-order chi connectivity index (χ1) is 8.83. The van der Waals surface area contributed by atoms with Crippen molar-refractivity contribution < 1.29 is 19.0 Å². The molecule has 1 atom stereocenters. The third-order valence-corrected chi connectivity index (χ3v) is 2.93. The molecule has 19 heavy (non-hydrogen) atoms. The van der Waals surface area contributed by atoms with E-state index in [4.69, 9.17) is 4.74 Å². The van der Waals surface area contributed by atoms with E-state index in [2.05, 4.69) is 5.32 Å². The van der Waals surface area contributed by atoms with Gasteiger partial charge in [-0.15, -0.1) is 0 Å². The molecule has 106 valence electrons. The zero-order valence-corrected chi connectivity index (χ0v) is 11.4. The normalized spacial score (nSPS) is 12.9. The van der Waals surface area contributed by atoms with Gasteiger partial charge in [-0.2, -0.15) is 0 Å². The molecule has 5 heteroatoms. The second-order valence-electron chi connectivity index (χ2n) is 4.97. The van der Waals surface area contributed by atoms with Crippen LogP contribution in [0.1, 0.15) is 27.2 Å². The Balaban J connectivity index is 2.38. The highest BCUT2D eigenvalue weighted by Gasteiger charge is 2.25. The molecule has 1 rings (SSSR count). The van der Waals surface area contributed by atoms with E-state index in [1.807, 2.05) is 0 Å². The molecule has 0 spiro atoms. The summed E-state index contributed by atoms with van der Waals surface area (Å²) in [5, 5.41) is 12.2. The van der Waals surface area contributed by atoms with E-state index < -0.39 is 17.5 Å². The smallest absolute Gasteiger partial charge is 0.223 e. The third-order valence-electron chi connectivity index (χ3n) is 2.93. The molecular formula is C14H20FNO3. The summed E-state index contributed by atoms with van der Waals surface area (Å²) in [6.07, 6.45) is -0.561. The van der Waals surface area contributed by atoms with Crippen LogP contribution in [0.4, 0.5) is 4.39 Å². The highest BCUT2D eigenvalue weighted by atomic mass is 19.1. The Hall–Kier alpha value is -1.62. The number of ether oxygens (including phenoxy) is 1. The van der Waals surface area contributed by atoms with Crippen LogP contribution < -0.4 is 10.1 Å². The van der Waals surface area contributed by atoms with Gasteiger partial charge in [0.25, 0.3) is 0 Å². The minimum absolute atomic E-state index is 0.0860. The number of para-hydroxylation sites is 1. The van der Waals surface area contributed by atoms with Gasteiger partial charge in [0, 0.05) is 0 Å². The van der Waals surface area contributed by atoms with Crippen molar-refractivity contribution in [3.8, 4) is 5.75 Å². The van der Waals surface area contributed by atoms with E-state index in [0.717, 1.165) is 0 Å². The molecule has 1 aromatic rings. The Kier molecular flexibility index (Phi) is 5.30. The molecule has 1 unspecified atom stereocenters. The monoisotopic (exact) mass is 269 g/mol. The molecule has 1 amide bonds. The van der Waals surface area contributed by atoms with E-state index >= 15 is 0 Å². The number of halogens is 1. The van der Waals surface area contributed by atoms with Crippen LogP contribution in [0.25, 0.3) is 0 Å². The first-order valence-electron chi connectivity index (χ1n) is 6.19. The van der Waals surface area contributed by atoms with E-state index in [1.165, 1.54) is 12.1 Å². The topological polar surface area (TPSA) is 58.6 Å². The van der Waals surface area contributed by atoms with E-state index in [0.29, 0.717) is 0 Å². The summed E-state index contributed by atoms with van der Waals surface area (Å²) >= 11 is 0. The Bertz CT molecular complexity index is 432. The summed E-state index contributed by atoms with van der Waals surface area (Å²) < 4.78 is 18.4. The van der Waals surface area contributed by atoms with Crippen LogP contribution in [0.15, 0.2) is 24.3 Å². The molecular weight excluding hydrogens is 249 g/mol. The minimum atomic E-state index is -0.699. The molecule has 4 nitrogen and oxygen atoms in total. The zero-order chi connectivity index (χ0) is 14.5. The zero-order valence-electron chi connectivity index (χ0n) is 11.4. The lowest BCUT2D eigenvalue weighted by Crippen LogP contribution is -2.51. The van der Waals surface area contributed by atoms with Crippen molar-refractivity contribution in [3.63, 3.8) is 0 Å². The maximum atomic E-state index is 13.2. The summed E-state index contributed by atoms with van der Waals surface area (Å²) in [7, 11) is 0. The average molecular weight is 269 g/mol. The van der Waals surface area contributed by atoms with Crippen LogP contribution in [-0.2, 0) is 4.79 Å². The number of nitrogens with one attached hydrogen (secondary N) is 1. The van der Waals surface area contributed by atoms with Gasteiger partial charge in [0.1, 0.15) is 0 Å². The van der Waals surface area contributed by atoms with Crippen molar-refractivity contribution in [1.82, 2.24) is 5.32 Å². The summed E-state index contributed by atoms with van der Waals surface area (Å²) in [5.74, 6) is -0.570. The quantitative estimate of drug-likeness (QED) is 0.829. The maximum Gasteiger partial charge on any atom is 0.223 e. The highest BCUT2D eigenvalue weighted by molar-refractivity contribution is 5.76. The first kappa shape index (κ1) is 15.4. The van der Waals surface area contributed by atoms with Crippen molar-refractivity contribution in [2.24, 2.45) is 0 Å². The van der Waals surface area contributed by atoms with Gasteiger partial charge in [-0.1, -0.05) is 12.1 Å². The minimum Gasteiger partial charge on any atom is -0.490 e. The number of aliphatic hydroxyl groups is 1. The van der Waals surface area contributed by atoms with Crippen LogP contribution in [-0.4, -0.2) is 29.3 Å². The molecule has 0 saturated carbocycles. The molecule has 0 heterocycles. The summed E-state index contributed by atoms with van der Waals surface area (Å²) in [6, 6.07) is 6.04. The Labute approximate surface area is 112 Å². The number of carbonyl (C=O) groups is 1. The van der Waals surface area contributed by atoms with Crippen LogP contribution >= 0.6 is 0 Å². The van der Waals surface area contributed by atoms with Gasteiger partial charge in [-0.05, 0) is 32.9 Å². The predicted octanol–water partition coefficient (Wildman–Crippen LogP) is 1.87. The number of hydrogen-bond acceptors (Lipinski definition) is 3. The molecule has 0 saturated heterocycles. The largest absolute Gasteiger partial charge is 0.490 e. The van der Waals surface area contributed by atoms with Gasteiger partial charge in [0.2, 0.25) is 5.91 Å². The van der Waals surface area contributed by atoms with Gasteiger partial charge in [-0.25, -0.2) is 4.39 Å². The van der Waals surface area contributed by atoms with Crippen LogP contribution in [0.5, 0.6) is 5.75 Å². The second kappa shape index (κ2) is 6.52. The van der Waals surface area contributed by atoms with Gasteiger partial charge < -0.3 is 15.2 Å². The van der Waals surface area contributed by atoms with Crippen molar-refractivity contribution in [2.45, 2.75) is 38.8 Å². The molecule has 0 fully saturated rings. The first-order valence-corrected chi connectivity index (χ1v) is 6.19. The number of benzene rings is 1. The fourth-order valence-electron chi connectivity index (χ4n) is 1.34. The van der Waals surface area contributed by atoms with E-state index in [1.54, 1.807) is 32.9 Å². The van der Waals surface area contributed by atoms with Crippen molar-refractivity contribution in [1.29, 1.82) is 0 Å². The summed E-state index contributed by atoms with van der Waals surface area (Å²) in [5.41, 5.74) is -0.699. The van der Waals surface area contributed by atoms with E-state index in [-0.39, 0.29) is 24.7 Å². The summed E-state index contributed by atoms with van der Waals surface area (Å²) in [6.45, 7) is 5.15. The van der Waals surface area contributed by atoms with Crippen LogP contribution in [0.3, 0.4) is 0 Å². The Morgan fingerprint density at radius 2 is 2.11 bits per heavy atom. The molecule has 2 N–H and O–H groups in total. The van der Waals surface area contributed by atoms with Crippen LogP contribution in [0.2, 0.25) is 0 Å². The van der Waals surface area contributed by atoms with E-state index in [9.17, 15) is 14.3 Å². The number of aliphatic hydroxyl groups excluding tert-OH is 1. The Morgan fingerprint density at radius 3 is 2.68 bits per heavy atom. The number of hydrogen-bond donors (Lipinski definition) is 2. The van der Waals surface area contributed by atoms with Crippen molar-refractivity contribution in [2.75, 3.05) is 6.61 Å². The fraction of sp³-hybridized carbons (Fsp3) is 0.500. The van der Waals surface area contributed by atoms with Gasteiger partial charge in [-0.3, -0.25) is 4.79 Å². The number of carbonyl (C=O) groups excluding carboxylic acids is 1. The average Bonchev–Trinajstić information content (AvgIpc) is 2.30. The highest BCUT2D eigenvalue weighted by Crippen LogP contribution is 2.15. The third kappa shape index (κ3) is 4.87. The molecule has 0 bridgehead atoms. The second-order valence-corrected chi connectivity index (χ2v) is 4.97. The molecule has 0 aromatic heterocycles. The molecule has 0 aliphatic rings. The lowest BCUT2D eigenvalue weighted by Gasteiger charge is -2.29. The standard InChI is InChI=1S/C14H20FNO3/c1-10(17)14(2,3)16-13(18)8-9-19-12-7-5-4-6-11(12)15/h4-7,10,17H,8-9H2,1-3H3,(H,16,18). The lowest BCUT2D eigenvalue weighted by molar-refractivity contribution is -0.124. The molecule has 1 aromatic carbocycles. The lowest BCUT2D eigenvalue weighted by atomic mass is 9.99.